The lowest BCUT2D eigenvalue weighted by Crippen LogP contribution is -2.41. The van der Waals surface area contributed by atoms with Gasteiger partial charge in [-0.3, -0.25) is 0 Å². The van der Waals surface area contributed by atoms with Crippen LogP contribution in [0.3, 0.4) is 0 Å². The Hall–Kier alpha value is -1.90. The SMILES string of the molecule is CC1(C)OB(c2ccc(OCC3Cn4nnc(C5CC5)c4CO3)cc2)OC1(C)C. The zero-order valence-electron chi connectivity index (χ0n) is 17.6. The van der Waals surface area contributed by atoms with E-state index in [9.17, 15) is 0 Å². The predicted molar refractivity (Wildman–Crippen MR) is 108 cm³/mol. The maximum atomic E-state index is 6.10. The Morgan fingerprint density at radius 2 is 1.79 bits per heavy atom. The van der Waals surface area contributed by atoms with Crippen molar-refractivity contribution < 1.29 is 18.8 Å². The molecule has 2 aromatic rings. The monoisotopic (exact) mass is 397 g/mol. The Bertz CT molecular complexity index is 876. The van der Waals surface area contributed by atoms with Gasteiger partial charge >= 0.3 is 7.12 Å². The van der Waals surface area contributed by atoms with E-state index in [4.69, 9.17) is 18.8 Å². The molecular weight excluding hydrogens is 369 g/mol. The largest absolute Gasteiger partial charge is 0.494 e. The van der Waals surface area contributed by atoms with Crippen LogP contribution in [0, 0.1) is 0 Å². The van der Waals surface area contributed by atoms with Crippen LogP contribution in [0.1, 0.15) is 57.8 Å². The van der Waals surface area contributed by atoms with Crippen molar-refractivity contribution in [1.82, 2.24) is 15.0 Å². The molecule has 5 rings (SSSR count). The molecule has 1 aromatic heterocycles. The summed E-state index contributed by atoms with van der Waals surface area (Å²) in [6.45, 7) is 9.96. The van der Waals surface area contributed by atoms with Gasteiger partial charge in [-0.1, -0.05) is 17.3 Å². The molecule has 154 valence electrons. The van der Waals surface area contributed by atoms with E-state index >= 15 is 0 Å². The van der Waals surface area contributed by atoms with E-state index < -0.39 is 0 Å². The van der Waals surface area contributed by atoms with Gasteiger partial charge in [0.1, 0.15) is 18.5 Å². The second kappa shape index (κ2) is 6.82. The van der Waals surface area contributed by atoms with Crippen molar-refractivity contribution in [2.45, 2.75) is 76.9 Å². The first-order valence-electron chi connectivity index (χ1n) is 10.4. The lowest BCUT2D eigenvalue weighted by atomic mass is 9.79. The molecule has 1 saturated heterocycles. The molecule has 3 heterocycles. The van der Waals surface area contributed by atoms with Crippen LogP contribution >= 0.6 is 0 Å². The summed E-state index contributed by atoms with van der Waals surface area (Å²) < 4.78 is 26.1. The average Bonchev–Trinajstić information content (AvgIpc) is 3.40. The number of ether oxygens (including phenoxy) is 2. The minimum absolute atomic E-state index is 0.0287. The zero-order valence-corrected chi connectivity index (χ0v) is 17.6. The van der Waals surface area contributed by atoms with Crippen molar-refractivity contribution in [1.29, 1.82) is 0 Å². The first-order chi connectivity index (χ1) is 13.8. The third kappa shape index (κ3) is 3.58. The second-order valence-corrected chi connectivity index (χ2v) is 9.28. The van der Waals surface area contributed by atoms with Gasteiger partial charge in [-0.05, 0) is 58.1 Å². The van der Waals surface area contributed by atoms with Crippen LogP contribution in [0.25, 0.3) is 0 Å². The molecule has 0 bridgehead atoms. The lowest BCUT2D eigenvalue weighted by Gasteiger charge is -2.32. The van der Waals surface area contributed by atoms with E-state index in [1.54, 1.807) is 0 Å². The number of fused-ring (bicyclic) bond motifs is 1. The third-order valence-corrected chi connectivity index (χ3v) is 6.51. The molecule has 1 aromatic carbocycles. The van der Waals surface area contributed by atoms with Gasteiger partial charge in [-0.25, -0.2) is 4.68 Å². The summed E-state index contributed by atoms with van der Waals surface area (Å²) >= 11 is 0. The van der Waals surface area contributed by atoms with Crippen LogP contribution in [0.15, 0.2) is 24.3 Å². The van der Waals surface area contributed by atoms with Crippen LogP contribution < -0.4 is 10.2 Å². The van der Waals surface area contributed by atoms with Crippen molar-refractivity contribution in [2.24, 2.45) is 0 Å². The molecule has 7 nitrogen and oxygen atoms in total. The summed E-state index contributed by atoms with van der Waals surface area (Å²) in [6.07, 6.45) is 2.42. The van der Waals surface area contributed by atoms with Gasteiger partial charge in [0.05, 0.1) is 35.7 Å². The molecule has 1 unspecified atom stereocenters. The summed E-state index contributed by atoms with van der Waals surface area (Å²) in [7, 11) is -0.359. The highest BCUT2D eigenvalue weighted by molar-refractivity contribution is 6.62. The van der Waals surface area contributed by atoms with Gasteiger partial charge in [0.15, 0.2) is 0 Å². The lowest BCUT2D eigenvalue weighted by molar-refractivity contribution is -0.0254. The van der Waals surface area contributed by atoms with Crippen LogP contribution in [-0.4, -0.2) is 46.0 Å². The molecule has 0 N–H and O–H groups in total. The van der Waals surface area contributed by atoms with Crippen molar-refractivity contribution >= 4 is 12.6 Å². The number of hydrogen-bond donors (Lipinski definition) is 0. The zero-order chi connectivity index (χ0) is 20.2. The van der Waals surface area contributed by atoms with Crippen LogP contribution in [-0.2, 0) is 27.2 Å². The summed E-state index contributed by atoms with van der Waals surface area (Å²) in [5.41, 5.74) is 2.57. The first-order valence-corrected chi connectivity index (χ1v) is 10.4. The first kappa shape index (κ1) is 19.1. The van der Waals surface area contributed by atoms with Crippen LogP contribution in [0.5, 0.6) is 5.75 Å². The molecule has 0 amide bonds. The molecule has 1 aliphatic carbocycles. The topological polar surface area (TPSA) is 67.6 Å². The number of rotatable bonds is 5. The molecule has 1 saturated carbocycles. The third-order valence-electron chi connectivity index (χ3n) is 6.51. The minimum Gasteiger partial charge on any atom is -0.491 e. The highest BCUT2D eigenvalue weighted by Crippen LogP contribution is 2.41. The predicted octanol–water partition coefficient (Wildman–Crippen LogP) is 2.43. The molecule has 2 aliphatic heterocycles. The molecule has 29 heavy (non-hydrogen) atoms. The molecule has 3 aliphatic rings. The Kier molecular flexibility index (Phi) is 4.49. The van der Waals surface area contributed by atoms with Gasteiger partial charge in [0, 0.05) is 5.92 Å². The van der Waals surface area contributed by atoms with E-state index in [-0.39, 0.29) is 24.4 Å². The second-order valence-electron chi connectivity index (χ2n) is 9.28. The van der Waals surface area contributed by atoms with E-state index in [1.165, 1.54) is 12.8 Å². The van der Waals surface area contributed by atoms with Crippen molar-refractivity contribution in [3.63, 3.8) is 0 Å². The fourth-order valence-corrected chi connectivity index (χ4v) is 3.75. The van der Waals surface area contributed by atoms with Crippen molar-refractivity contribution in [3.05, 3.63) is 35.7 Å². The van der Waals surface area contributed by atoms with E-state index in [0.717, 1.165) is 22.6 Å². The summed E-state index contributed by atoms with van der Waals surface area (Å²) in [5.74, 6) is 1.40. The molecule has 0 radical (unpaired) electrons. The Morgan fingerprint density at radius 1 is 1.10 bits per heavy atom. The molecule has 0 spiro atoms. The van der Waals surface area contributed by atoms with Gasteiger partial charge in [-0.2, -0.15) is 0 Å². The summed E-state index contributed by atoms with van der Waals surface area (Å²) in [6, 6.07) is 7.90. The quantitative estimate of drug-likeness (QED) is 0.722. The van der Waals surface area contributed by atoms with Gasteiger partial charge in [0.2, 0.25) is 0 Å². The van der Waals surface area contributed by atoms with Crippen LogP contribution in [0.2, 0.25) is 0 Å². The fraction of sp³-hybridized carbons (Fsp3) is 0.619. The Morgan fingerprint density at radius 3 is 2.45 bits per heavy atom. The van der Waals surface area contributed by atoms with Gasteiger partial charge in [0.25, 0.3) is 0 Å². The molecule has 2 fully saturated rings. The van der Waals surface area contributed by atoms with E-state index in [2.05, 4.69) is 38.0 Å². The number of benzene rings is 1. The van der Waals surface area contributed by atoms with Gasteiger partial charge < -0.3 is 18.8 Å². The molecule has 8 heteroatoms. The maximum Gasteiger partial charge on any atom is 0.494 e. The number of hydrogen-bond acceptors (Lipinski definition) is 6. The van der Waals surface area contributed by atoms with E-state index in [0.29, 0.717) is 25.7 Å². The van der Waals surface area contributed by atoms with Crippen LogP contribution in [0.4, 0.5) is 0 Å². The average molecular weight is 397 g/mol. The maximum absolute atomic E-state index is 6.10. The Labute approximate surface area is 171 Å². The summed E-state index contributed by atoms with van der Waals surface area (Å²) in [4.78, 5) is 0. The number of nitrogens with zero attached hydrogens (tertiary/aromatic N) is 3. The summed E-state index contributed by atoms with van der Waals surface area (Å²) in [5, 5.41) is 8.65. The van der Waals surface area contributed by atoms with Crippen molar-refractivity contribution in [3.8, 4) is 5.75 Å². The standard InChI is InChI=1S/C21H28BN3O4/c1-20(2)21(3,4)29-22(28-20)15-7-9-16(10-8-15)26-12-17-11-25-18(13-27-17)19(23-24-25)14-5-6-14/h7-10,14,17H,5-6,11-13H2,1-4H3. The molecular formula is C21H28BN3O4. The Balaban J connectivity index is 1.17. The van der Waals surface area contributed by atoms with E-state index in [1.807, 2.05) is 28.9 Å². The smallest absolute Gasteiger partial charge is 0.491 e. The minimum atomic E-state index is -0.359. The number of aromatic nitrogens is 3. The van der Waals surface area contributed by atoms with Crippen molar-refractivity contribution in [2.75, 3.05) is 6.61 Å². The highest BCUT2D eigenvalue weighted by atomic mass is 16.7. The molecule has 1 atom stereocenters. The highest BCUT2D eigenvalue weighted by Gasteiger charge is 2.51. The fourth-order valence-electron chi connectivity index (χ4n) is 3.75. The van der Waals surface area contributed by atoms with Gasteiger partial charge in [-0.15, -0.1) is 5.10 Å². The normalized spacial score (nSPS) is 25.1.